The number of carbonyl (C=O) groups excluding carboxylic acids is 2. The van der Waals surface area contributed by atoms with Crippen LogP contribution < -0.4 is 10.6 Å². The summed E-state index contributed by atoms with van der Waals surface area (Å²) in [6, 6.07) is -0.664. The Balaban J connectivity index is 2.84. The minimum atomic E-state index is -0.664. The molecule has 1 atom stereocenters. The van der Waals surface area contributed by atoms with E-state index in [1.54, 1.807) is 6.92 Å². The van der Waals surface area contributed by atoms with E-state index in [-0.39, 0.29) is 25.2 Å². The number of hydrogen-bond donors (Lipinski definition) is 2. The average Bonchev–Trinajstić information content (AvgIpc) is 2.55. The van der Waals surface area contributed by atoms with Crippen LogP contribution in [-0.2, 0) is 4.79 Å². The molecule has 17 heavy (non-hydrogen) atoms. The van der Waals surface area contributed by atoms with Gasteiger partial charge in [-0.2, -0.15) is 0 Å². The fraction of sp³-hybridized carbons (Fsp3) is 0.333. The predicted octanol–water partition coefficient (Wildman–Crippen LogP) is 2.57. The Morgan fingerprint density at radius 2 is 1.82 bits per heavy atom. The first-order valence-corrected chi connectivity index (χ1v) is 6.49. The van der Waals surface area contributed by atoms with E-state index in [9.17, 15) is 9.59 Å². The molecule has 1 heterocycles. The van der Waals surface area contributed by atoms with Gasteiger partial charge in [0.1, 0.15) is 15.3 Å². The molecule has 0 fully saturated rings. The molecule has 0 bridgehead atoms. The zero-order valence-corrected chi connectivity index (χ0v) is 12.0. The summed E-state index contributed by atoms with van der Waals surface area (Å²) < 4.78 is 0.245. The van der Waals surface area contributed by atoms with Gasteiger partial charge < -0.3 is 10.6 Å². The number of thiophene rings is 1. The third-order valence-electron chi connectivity index (χ3n) is 1.95. The lowest BCUT2D eigenvalue weighted by Crippen LogP contribution is -2.43. The second kappa shape index (κ2) is 5.91. The Bertz CT molecular complexity index is 461. The Morgan fingerprint density at radius 3 is 2.24 bits per heavy atom. The number of likely N-dealkylation sites (N-methyl/N-ethyl adjacent to an activating group) is 1. The standard InChI is InChI=1S/C9H9Cl3N2O2S/c1-3(8(15)13-2)14-9(16)6-4(10)5(11)7(12)17-6/h3H,1-2H3,(H,13,15)(H,14,16)/t3-/m0/s1. The van der Waals surface area contributed by atoms with Gasteiger partial charge in [0, 0.05) is 7.05 Å². The molecule has 0 unspecified atom stereocenters. The van der Waals surface area contributed by atoms with Gasteiger partial charge in [0.25, 0.3) is 5.91 Å². The first-order chi connectivity index (χ1) is 7.88. The second-order valence-corrected chi connectivity index (χ2v) is 5.52. The fourth-order valence-electron chi connectivity index (χ4n) is 1.06. The highest BCUT2D eigenvalue weighted by atomic mass is 35.5. The molecule has 0 radical (unpaired) electrons. The van der Waals surface area contributed by atoms with Crippen molar-refractivity contribution in [2.24, 2.45) is 0 Å². The monoisotopic (exact) mass is 314 g/mol. The number of nitrogens with one attached hydrogen (secondary N) is 2. The van der Waals surface area contributed by atoms with Crippen molar-refractivity contribution < 1.29 is 9.59 Å². The van der Waals surface area contributed by atoms with Gasteiger partial charge in [-0.3, -0.25) is 9.59 Å². The van der Waals surface area contributed by atoms with Gasteiger partial charge in [-0.1, -0.05) is 34.8 Å². The van der Waals surface area contributed by atoms with Crippen LogP contribution in [0.2, 0.25) is 14.4 Å². The molecule has 2 N–H and O–H groups in total. The molecule has 4 nitrogen and oxygen atoms in total. The molecule has 0 spiro atoms. The van der Waals surface area contributed by atoms with Crippen LogP contribution in [-0.4, -0.2) is 24.9 Å². The van der Waals surface area contributed by atoms with E-state index in [4.69, 9.17) is 34.8 Å². The first-order valence-electron chi connectivity index (χ1n) is 4.54. The Kier molecular flexibility index (Phi) is 5.06. The van der Waals surface area contributed by atoms with Crippen molar-refractivity contribution >= 4 is 58.0 Å². The van der Waals surface area contributed by atoms with E-state index in [1.807, 2.05) is 0 Å². The zero-order valence-electron chi connectivity index (χ0n) is 8.94. The highest BCUT2D eigenvalue weighted by Crippen LogP contribution is 2.40. The summed E-state index contributed by atoms with van der Waals surface area (Å²) in [7, 11) is 1.48. The van der Waals surface area contributed by atoms with E-state index >= 15 is 0 Å². The highest BCUT2D eigenvalue weighted by molar-refractivity contribution is 7.19. The largest absolute Gasteiger partial charge is 0.357 e. The predicted molar refractivity (Wildman–Crippen MR) is 70.3 cm³/mol. The van der Waals surface area contributed by atoms with Crippen LogP contribution in [0.3, 0.4) is 0 Å². The van der Waals surface area contributed by atoms with Gasteiger partial charge >= 0.3 is 0 Å². The molecule has 0 aromatic carbocycles. The van der Waals surface area contributed by atoms with Gasteiger partial charge in [0.05, 0.1) is 10.0 Å². The summed E-state index contributed by atoms with van der Waals surface area (Å²) in [5.41, 5.74) is 0. The maximum Gasteiger partial charge on any atom is 0.263 e. The summed E-state index contributed by atoms with van der Waals surface area (Å²) >= 11 is 18.3. The fourth-order valence-corrected chi connectivity index (χ4v) is 2.76. The van der Waals surface area contributed by atoms with Crippen molar-refractivity contribution in [1.82, 2.24) is 10.6 Å². The molecule has 0 aliphatic heterocycles. The molecule has 0 saturated heterocycles. The molecule has 0 aliphatic rings. The average molecular weight is 316 g/mol. The summed E-state index contributed by atoms with van der Waals surface area (Å²) in [4.78, 5) is 23.2. The molecular weight excluding hydrogens is 307 g/mol. The van der Waals surface area contributed by atoms with Crippen molar-refractivity contribution in [2.75, 3.05) is 7.05 Å². The van der Waals surface area contributed by atoms with Crippen LogP contribution in [0.5, 0.6) is 0 Å². The van der Waals surface area contributed by atoms with Crippen LogP contribution in [0, 0.1) is 0 Å². The van der Waals surface area contributed by atoms with Gasteiger partial charge in [-0.15, -0.1) is 11.3 Å². The van der Waals surface area contributed by atoms with Crippen LogP contribution in [0.1, 0.15) is 16.6 Å². The zero-order chi connectivity index (χ0) is 13.2. The minimum Gasteiger partial charge on any atom is -0.357 e. The molecule has 8 heteroatoms. The molecule has 0 saturated carbocycles. The molecular formula is C9H9Cl3N2O2S. The third-order valence-corrected chi connectivity index (χ3v) is 4.52. The van der Waals surface area contributed by atoms with Gasteiger partial charge in [-0.25, -0.2) is 0 Å². The van der Waals surface area contributed by atoms with E-state index in [2.05, 4.69) is 10.6 Å². The van der Waals surface area contributed by atoms with Gasteiger partial charge in [0.2, 0.25) is 5.91 Å². The van der Waals surface area contributed by atoms with E-state index in [0.717, 1.165) is 11.3 Å². The molecule has 1 aromatic heterocycles. The number of rotatable bonds is 3. The van der Waals surface area contributed by atoms with Crippen LogP contribution in [0.4, 0.5) is 0 Å². The summed E-state index contributed by atoms with van der Waals surface area (Å²) in [6.45, 7) is 1.56. The highest BCUT2D eigenvalue weighted by Gasteiger charge is 2.22. The Labute approximate surface area is 117 Å². The number of carbonyl (C=O) groups is 2. The van der Waals surface area contributed by atoms with E-state index in [0.29, 0.717) is 0 Å². The second-order valence-electron chi connectivity index (χ2n) is 3.14. The summed E-state index contributed by atoms with van der Waals surface area (Å²) in [5.74, 6) is -0.784. The van der Waals surface area contributed by atoms with Gasteiger partial charge in [-0.05, 0) is 6.92 Å². The van der Waals surface area contributed by atoms with Crippen molar-refractivity contribution in [3.8, 4) is 0 Å². The SMILES string of the molecule is CNC(=O)[C@H](C)NC(=O)c1sc(Cl)c(Cl)c1Cl. The smallest absolute Gasteiger partial charge is 0.263 e. The normalized spacial score (nSPS) is 12.1. The number of halogens is 3. The number of hydrogen-bond acceptors (Lipinski definition) is 3. The molecule has 1 aromatic rings. The van der Waals surface area contributed by atoms with Crippen molar-refractivity contribution in [3.05, 3.63) is 19.3 Å². The maximum atomic E-state index is 11.8. The van der Waals surface area contributed by atoms with Crippen molar-refractivity contribution in [3.63, 3.8) is 0 Å². The lowest BCUT2D eigenvalue weighted by Gasteiger charge is -2.11. The van der Waals surface area contributed by atoms with E-state index < -0.39 is 11.9 Å². The minimum absolute atomic E-state index is 0.100. The van der Waals surface area contributed by atoms with Crippen molar-refractivity contribution in [2.45, 2.75) is 13.0 Å². The van der Waals surface area contributed by atoms with Crippen LogP contribution >= 0.6 is 46.1 Å². The van der Waals surface area contributed by atoms with E-state index in [1.165, 1.54) is 7.05 Å². The molecule has 1 rings (SSSR count). The number of amides is 2. The maximum absolute atomic E-state index is 11.8. The van der Waals surface area contributed by atoms with Crippen molar-refractivity contribution in [1.29, 1.82) is 0 Å². The summed E-state index contributed by atoms with van der Waals surface area (Å²) in [6.07, 6.45) is 0. The molecule has 94 valence electrons. The lowest BCUT2D eigenvalue weighted by atomic mass is 10.3. The molecule has 2 amide bonds. The Hall–Kier alpha value is -0.490. The topological polar surface area (TPSA) is 58.2 Å². The lowest BCUT2D eigenvalue weighted by molar-refractivity contribution is -0.122. The van der Waals surface area contributed by atoms with Crippen LogP contribution in [0.25, 0.3) is 0 Å². The first kappa shape index (κ1) is 14.6. The summed E-state index contributed by atoms with van der Waals surface area (Å²) in [5, 5.41) is 5.15. The Morgan fingerprint density at radius 1 is 1.24 bits per heavy atom. The molecule has 0 aliphatic carbocycles. The quantitative estimate of drug-likeness (QED) is 0.900. The third kappa shape index (κ3) is 3.25. The van der Waals surface area contributed by atoms with Gasteiger partial charge in [0.15, 0.2) is 0 Å². The van der Waals surface area contributed by atoms with Crippen LogP contribution in [0.15, 0.2) is 0 Å².